The summed E-state index contributed by atoms with van der Waals surface area (Å²) in [5.74, 6) is -0.174. The van der Waals surface area contributed by atoms with E-state index in [4.69, 9.17) is 14.2 Å². The van der Waals surface area contributed by atoms with Crippen molar-refractivity contribution in [3.8, 4) is 11.5 Å². The minimum Gasteiger partial charge on any atom is -0.489 e. The molecule has 0 radical (unpaired) electrons. The van der Waals surface area contributed by atoms with Gasteiger partial charge in [-0.15, -0.1) is 0 Å². The SMILES string of the molecule is Cc1cc([N+](=O)[O-])ccc1NC(=O)COC(=O)COc1ccc(OCc2ccccc2)cc1. The molecule has 3 aromatic rings. The first kappa shape index (κ1) is 23.3. The zero-order chi connectivity index (χ0) is 23.6. The van der Waals surface area contributed by atoms with Gasteiger partial charge >= 0.3 is 5.97 Å². The lowest BCUT2D eigenvalue weighted by Gasteiger charge is -2.10. The predicted molar refractivity (Wildman–Crippen MR) is 120 cm³/mol. The highest BCUT2D eigenvalue weighted by Gasteiger charge is 2.12. The number of esters is 1. The number of carbonyl (C=O) groups is 2. The smallest absolute Gasteiger partial charge is 0.344 e. The summed E-state index contributed by atoms with van der Waals surface area (Å²) in [6.07, 6.45) is 0. The Morgan fingerprint density at radius 1 is 0.909 bits per heavy atom. The van der Waals surface area contributed by atoms with Gasteiger partial charge in [-0.1, -0.05) is 30.3 Å². The van der Waals surface area contributed by atoms with Crippen LogP contribution in [0.15, 0.2) is 72.8 Å². The van der Waals surface area contributed by atoms with E-state index in [1.54, 1.807) is 31.2 Å². The zero-order valence-corrected chi connectivity index (χ0v) is 17.9. The van der Waals surface area contributed by atoms with Crippen molar-refractivity contribution in [2.24, 2.45) is 0 Å². The van der Waals surface area contributed by atoms with Crippen molar-refractivity contribution in [2.75, 3.05) is 18.5 Å². The predicted octanol–water partition coefficient (Wildman–Crippen LogP) is 4.04. The van der Waals surface area contributed by atoms with Gasteiger partial charge in [-0.3, -0.25) is 14.9 Å². The summed E-state index contributed by atoms with van der Waals surface area (Å²) in [5.41, 5.74) is 1.88. The molecule has 1 N–H and O–H groups in total. The zero-order valence-electron chi connectivity index (χ0n) is 17.9. The number of anilines is 1. The van der Waals surface area contributed by atoms with Gasteiger partial charge in [0.2, 0.25) is 0 Å². The molecule has 3 rings (SSSR count). The Balaban J connectivity index is 1.38. The number of nitrogens with zero attached hydrogens (tertiary/aromatic N) is 1. The lowest BCUT2D eigenvalue weighted by molar-refractivity contribution is -0.384. The first-order valence-electron chi connectivity index (χ1n) is 10.0. The maximum Gasteiger partial charge on any atom is 0.344 e. The number of hydrogen-bond acceptors (Lipinski definition) is 7. The van der Waals surface area contributed by atoms with E-state index in [9.17, 15) is 19.7 Å². The first-order chi connectivity index (χ1) is 15.9. The van der Waals surface area contributed by atoms with Crippen LogP contribution in [0.1, 0.15) is 11.1 Å². The molecule has 0 saturated heterocycles. The van der Waals surface area contributed by atoms with Crippen molar-refractivity contribution < 1.29 is 28.7 Å². The van der Waals surface area contributed by atoms with Gasteiger partial charge in [-0.05, 0) is 48.4 Å². The summed E-state index contributed by atoms with van der Waals surface area (Å²) in [6, 6.07) is 20.6. The maximum absolute atomic E-state index is 12.0. The van der Waals surface area contributed by atoms with Gasteiger partial charge in [-0.2, -0.15) is 0 Å². The molecule has 0 bridgehead atoms. The van der Waals surface area contributed by atoms with Gasteiger partial charge in [0.1, 0.15) is 18.1 Å². The molecule has 0 heterocycles. The monoisotopic (exact) mass is 450 g/mol. The maximum atomic E-state index is 12.0. The molecule has 33 heavy (non-hydrogen) atoms. The lowest BCUT2D eigenvalue weighted by Crippen LogP contribution is -2.24. The number of nitrogens with one attached hydrogen (secondary N) is 1. The van der Waals surface area contributed by atoms with Crippen LogP contribution in [-0.4, -0.2) is 30.0 Å². The first-order valence-corrected chi connectivity index (χ1v) is 10.0. The van der Waals surface area contributed by atoms with Crippen LogP contribution in [0.4, 0.5) is 11.4 Å². The third-order valence-corrected chi connectivity index (χ3v) is 4.49. The molecule has 0 aromatic heterocycles. The Hall–Kier alpha value is -4.40. The van der Waals surface area contributed by atoms with Crippen molar-refractivity contribution in [3.63, 3.8) is 0 Å². The van der Waals surface area contributed by atoms with Gasteiger partial charge in [0, 0.05) is 17.8 Å². The molecule has 0 unspecified atom stereocenters. The number of carbonyl (C=O) groups excluding carboxylic acids is 2. The number of nitro groups is 1. The number of nitro benzene ring substituents is 1. The molecule has 0 saturated carbocycles. The molecule has 9 heteroatoms. The van der Waals surface area contributed by atoms with Gasteiger partial charge < -0.3 is 19.5 Å². The number of hydrogen-bond donors (Lipinski definition) is 1. The summed E-state index contributed by atoms with van der Waals surface area (Å²) in [7, 11) is 0. The highest BCUT2D eigenvalue weighted by Crippen LogP contribution is 2.21. The second-order valence-electron chi connectivity index (χ2n) is 7.00. The van der Waals surface area contributed by atoms with E-state index in [1.165, 1.54) is 18.2 Å². The Morgan fingerprint density at radius 3 is 2.21 bits per heavy atom. The van der Waals surface area contributed by atoms with Crippen LogP contribution >= 0.6 is 0 Å². The minimum atomic E-state index is -0.713. The van der Waals surface area contributed by atoms with Gasteiger partial charge in [0.25, 0.3) is 11.6 Å². The fourth-order valence-electron chi connectivity index (χ4n) is 2.79. The van der Waals surface area contributed by atoms with Gasteiger partial charge in [0.05, 0.1) is 4.92 Å². The number of ether oxygens (including phenoxy) is 3. The van der Waals surface area contributed by atoms with Crippen molar-refractivity contribution in [3.05, 3.63) is 94.0 Å². The second kappa shape index (κ2) is 11.3. The molecule has 3 aromatic carbocycles. The fourth-order valence-corrected chi connectivity index (χ4v) is 2.79. The minimum absolute atomic E-state index is 0.0788. The molecule has 0 fully saturated rings. The molecule has 0 spiro atoms. The number of benzene rings is 3. The molecule has 170 valence electrons. The number of amides is 1. The molecule has 1 amide bonds. The van der Waals surface area contributed by atoms with Gasteiger partial charge in [-0.25, -0.2) is 4.79 Å². The van der Waals surface area contributed by atoms with E-state index in [-0.39, 0.29) is 12.3 Å². The van der Waals surface area contributed by atoms with E-state index < -0.39 is 23.4 Å². The van der Waals surface area contributed by atoms with E-state index >= 15 is 0 Å². The average molecular weight is 450 g/mol. The molecule has 0 aliphatic rings. The number of rotatable bonds is 10. The lowest BCUT2D eigenvalue weighted by atomic mass is 10.2. The Bertz CT molecular complexity index is 1120. The van der Waals surface area contributed by atoms with Crippen molar-refractivity contribution in [1.29, 1.82) is 0 Å². The van der Waals surface area contributed by atoms with E-state index in [0.29, 0.717) is 29.4 Å². The Labute approximate surface area is 190 Å². The van der Waals surface area contributed by atoms with Crippen LogP contribution in [0.2, 0.25) is 0 Å². The molecule has 9 nitrogen and oxygen atoms in total. The van der Waals surface area contributed by atoms with Crippen molar-refractivity contribution >= 4 is 23.3 Å². The highest BCUT2D eigenvalue weighted by molar-refractivity contribution is 5.93. The topological polar surface area (TPSA) is 117 Å². The molecule has 0 aliphatic carbocycles. The van der Waals surface area contributed by atoms with Crippen molar-refractivity contribution in [2.45, 2.75) is 13.5 Å². The third kappa shape index (κ3) is 7.35. The van der Waals surface area contributed by atoms with Crippen LogP contribution in [0, 0.1) is 17.0 Å². The van der Waals surface area contributed by atoms with Crippen LogP contribution in [0.5, 0.6) is 11.5 Å². The molecule has 0 atom stereocenters. The van der Waals surface area contributed by atoms with E-state index in [0.717, 1.165) is 5.56 Å². The summed E-state index contributed by atoms with van der Waals surface area (Å²) in [4.78, 5) is 34.1. The largest absolute Gasteiger partial charge is 0.489 e. The summed E-state index contributed by atoms with van der Waals surface area (Å²) >= 11 is 0. The Morgan fingerprint density at radius 2 is 1.58 bits per heavy atom. The van der Waals surface area contributed by atoms with Crippen molar-refractivity contribution in [1.82, 2.24) is 0 Å². The van der Waals surface area contributed by atoms with Crippen LogP contribution in [0.25, 0.3) is 0 Å². The van der Waals surface area contributed by atoms with Crippen LogP contribution < -0.4 is 14.8 Å². The number of aryl methyl sites for hydroxylation is 1. The summed E-state index contributed by atoms with van der Waals surface area (Å²) in [6.45, 7) is 1.19. The number of non-ortho nitro benzene ring substituents is 1. The standard InChI is InChI=1S/C24H22N2O7/c1-17-13-19(26(29)30)7-12-22(17)25-23(27)15-33-24(28)16-32-21-10-8-20(9-11-21)31-14-18-5-3-2-4-6-18/h2-13H,14-16H2,1H3,(H,25,27). The quantitative estimate of drug-likeness (QED) is 0.281. The normalized spacial score (nSPS) is 10.2. The average Bonchev–Trinajstić information content (AvgIpc) is 2.82. The second-order valence-corrected chi connectivity index (χ2v) is 7.00. The molecular formula is C24H22N2O7. The van der Waals surface area contributed by atoms with E-state index in [1.807, 2.05) is 30.3 Å². The summed E-state index contributed by atoms with van der Waals surface area (Å²) < 4.78 is 16.0. The van der Waals surface area contributed by atoms with Crippen LogP contribution in [0.3, 0.4) is 0 Å². The van der Waals surface area contributed by atoms with Gasteiger partial charge in [0.15, 0.2) is 13.2 Å². The fraction of sp³-hybridized carbons (Fsp3) is 0.167. The molecule has 0 aliphatic heterocycles. The van der Waals surface area contributed by atoms with Crippen LogP contribution in [-0.2, 0) is 20.9 Å². The highest BCUT2D eigenvalue weighted by atomic mass is 16.6. The third-order valence-electron chi connectivity index (χ3n) is 4.49. The Kier molecular flexibility index (Phi) is 7.96. The molecular weight excluding hydrogens is 428 g/mol. The summed E-state index contributed by atoms with van der Waals surface area (Å²) in [5, 5.41) is 13.3. The van der Waals surface area contributed by atoms with E-state index in [2.05, 4.69) is 5.32 Å².